The molecular formula is C12H18ClNO. The minimum absolute atomic E-state index is 0.290. The molecule has 0 radical (unpaired) electrons. The maximum atomic E-state index is 9.38. The summed E-state index contributed by atoms with van der Waals surface area (Å²) in [4.78, 5) is 2.07. The van der Waals surface area contributed by atoms with Gasteiger partial charge in [-0.05, 0) is 19.5 Å². The van der Waals surface area contributed by atoms with Crippen molar-refractivity contribution >= 4 is 11.6 Å². The first-order valence-electron chi connectivity index (χ1n) is 5.10. The molecular weight excluding hydrogens is 210 g/mol. The largest absolute Gasteiger partial charge is 0.391 e. The first kappa shape index (κ1) is 12.5. The quantitative estimate of drug-likeness (QED) is 0.779. The summed E-state index contributed by atoms with van der Waals surface area (Å²) in [7, 11) is 1.98. The lowest BCUT2D eigenvalue weighted by Gasteiger charge is -2.19. The number of alkyl halides is 1. The first-order valence-corrected chi connectivity index (χ1v) is 5.63. The third kappa shape index (κ3) is 4.65. The van der Waals surface area contributed by atoms with Gasteiger partial charge < -0.3 is 5.11 Å². The smallest absolute Gasteiger partial charge is 0.0802 e. The molecule has 2 nitrogen and oxygen atoms in total. The van der Waals surface area contributed by atoms with Gasteiger partial charge in [-0.3, -0.25) is 4.90 Å². The predicted molar refractivity (Wildman–Crippen MR) is 64.2 cm³/mol. The van der Waals surface area contributed by atoms with E-state index in [0.29, 0.717) is 6.54 Å². The van der Waals surface area contributed by atoms with Crippen molar-refractivity contribution in [2.24, 2.45) is 0 Å². The molecule has 15 heavy (non-hydrogen) atoms. The summed E-state index contributed by atoms with van der Waals surface area (Å²) in [5.41, 5.74) is 2.52. The van der Waals surface area contributed by atoms with Gasteiger partial charge in [-0.15, -0.1) is 11.6 Å². The lowest BCUT2D eigenvalue weighted by Crippen LogP contribution is -2.29. The molecule has 1 rings (SSSR count). The van der Waals surface area contributed by atoms with Crippen molar-refractivity contribution in [3.8, 4) is 0 Å². The average molecular weight is 228 g/mol. The van der Waals surface area contributed by atoms with E-state index in [1.54, 1.807) is 0 Å². The van der Waals surface area contributed by atoms with E-state index in [1.165, 1.54) is 11.1 Å². The van der Waals surface area contributed by atoms with Crippen molar-refractivity contribution in [3.63, 3.8) is 0 Å². The second kappa shape index (κ2) is 6.11. The topological polar surface area (TPSA) is 23.5 Å². The van der Waals surface area contributed by atoms with Crippen LogP contribution >= 0.6 is 11.6 Å². The van der Waals surface area contributed by atoms with Crippen molar-refractivity contribution in [1.82, 2.24) is 4.90 Å². The van der Waals surface area contributed by atoms with Gasteiger partial charge in [0.1, 0.15) is 0 Å². The Morgan fingerprint density at radius 3 is 2.47 bits per heavy atom. The van der Waals surface area contributed by atoms with Gasteiger partial charge in [-0.25, -0.2) is 0 Å². The van der Waals surface area contributed by atoms with Gasteiger partial charge >= 0.3 is 0 Å². The SMILES string of the molecule is Cc1ccc(CN(C)CC(O)CCl)cc1. The van der Waals surface area contributed by atoms with Gasteiger partial charge in [0, 0.05) is 19.0 Å². The van der Waals surface area contributed by atoms with Crippen LogP contribution in [0, 0.1) is 6.92 Å². The molecule has 1 aromatic rings. The summed E-state index contributed by atoms with van der Waals surface area (Å²) in [6.45, 7) is 3.52. The first-order chi connectivity index (χ1) is 7.11. The van der Waals surface area contributed by atoms with Crippen molar-refractivity contribution in [3.05, 3.63) is 35.4 Å². The van der Waals surface area contributed by atoms with Crippen LogP contribution in [0.2, 0.25) is 0 Å². The Kier molecular flexibility index (Phi) is 5.09. The lowest BCUT2D eigenvalue weighted by molar-refractivity contribution is 0.141. The normalized spacial score (nSPS) is 13.1. The fourth-order valence-corrected chi connectivity index (χ4v) is 1.58. The van der Waals surface area contributed by atoms with Gasteiger partial charge in [0.15, 0.2) is 0 Å². The molecule has 0 saturated heterocycles. The fraction of sp³-hybridized carbons (Fsp3) is 0.500. The molecule has 0 saturated carbocycles. The summed E-state index contributed by atoms with van der Waals surface area (Å²) < 4.78 is 0. The van der Waals surface area contributed by atoms with E-state index in [4.69, 9.17) is 11.6 Å². The summed E-state index contributed by atoms with van der Waals surface area (Å²) >= 11 is 5.54. The standard InChI is InChI=1S/C12H18ClNO/c1-10-3-5-11(6-4-10)8-14(2)9-12(15)7-13/h3-6,12,15H,7-9H2,1-2H3. The van der Waals surface area contributed by atoms with Crippen LogP contribution in [-0.2, 0) is 6.54 Å². The molecule has 0 aliphatic carbocycles. The molecule has 1 N–H and O–H groups in total. The highest BCUT2D eigenvalue weighted by Gasteiger charge is 2.06. The molecule has 0 spiro atoms. The lowest BCUT2D eigenvalue weighted by atomic mass is 10.1. The molecule has 0 aliphatic heterocycles. The predicted octanol–water partition coefficient (Wildman–Crippen LogP) is 2.03. The van der Waals surface area contributed by atoms with E-state index in [9.17, 15) is 5.11 Å². The van der Waals surface area contributed by atoms with Gasteiger partial charge in [0.25, 0.3) is 0 Å². The minimum Gasteiger partial charge on any atom is -0.391 e. The van der Waals surface area contributed by atoms with Crippen LogP contribution in [0.5, 0.6) is 0 Å². The molecule has 0 amide bonds. The van der Waals surface area contributed by atoms with E-state index < -0.39 is 6.10 Å². The Labute approximate surface area is 96.5 Å². The van der Waals surface area contributed by atoms with Gasteiger partial charge in [0.2, 0.25) is 0 Å². The molecule has 0 fully saturated rings. The summed E-state index contributed by atoms with van der Waals surface area (Å²) in [5, 5.41) is 9.38. The van der Waals surface area contributed by atoms with Crippen LogP contribution in [-0.4, -0.2) is 35.6 Å². The average Bonchev–Trinajstić information content (AvgIpc) is 2.21. The van der Waals surface area contributed by atoms with E-state index in [1.807, 2.05) is 7.05 Å². The maximum Gasteiger partial charge on any atom is 0.0802 e. The Balaban J connectivity index is 2.44. The summed E-state index contributed by atoms with van der Waals surface area (Å²) in [6.07, 6.45) is -0.442. The number of likely N-dealkylation sites (N-methyl/N-ethyl adjacent to an activating group) is 1. The van der Waals surface area contributed by atoms with Crippen LogP contribution in [0.15, 0.2) is 24.3 Å². The van der Waals surface area contributed by atoms with E-state index in [2.05, 4.69) is 36.1 Å². The zero-order valence-electron chi connectivity index (χ0n) is 9.28. The number of hydrogen-bond donors (Lipinski definition) is 1. The third-order valence-corrected chi connectivity index (χ3v) is 2.63. The van der Waals surface area contributed by atoms with Gasteiger partial charge in [-0.2, -0.15) is 0 Å². The Bertz CT molecular complexity index is 286. The van der Waals surface area contributed by atoms with Crippen LogP contribution in [0.1, 0.15) is 11.1 Å². The van der Waals surface area contributed by atoms with Gasteiger partial charge in [0.05, 0.1) is 6.10 Å². The molecule has 1 unspecified atom stereocenters. The van der Waals surface area contributed by atoms with Crippen molar-refractivity contribution < 1.29 is 5.11 Å². The maximum absolute atomic E-state index is 9.38. The number of hydrogen-bond acceptors (Lipinski definition) is 2. The molecule has 0 aromatic heterocycles. The molecule has 1 aromatic carbocycles. The number of halogens is 1. The van der Waals surface area contributed by atoms with E-state index in [0.717, 1.165) is 6.54 Å². The highest BCUT2D eigenvalue weighted by molar-refractivity contribution is 6.18. The number of rotatable bonds is 5. The van der Waals surface area contributed by atoms with Crippen molar-refractivity contribution in [1.29, 1.82) is 0 Å². The number of aliphatic hydroxyl groups excluding tert-OH is 1. The number of nitrogens with zero attached hydrogens (tertiary/aromatic N) is 1. The molecule has 0 bridgehead atoms. The summed E-state index contributed by atoms with van der Waals surface area (Å²) in [6, 6.07) is 8.42. The summed E-state index contributed by atoms with van der Waals surface area (Å²) in [5.74, 6) is 0.290. The van der Waals surface area contributed by atoms with Crippen LogP contribution in [0.4, 0.5) is 0 Å². The van der Waals surface area contributed by atoms with Crippen LogP contribution < -0.4 is 0 Å². The third-order valence-electron chi connectivity index (χ3n) is 2.27. The zero-order valence-corrected chi connectivity index (χ0v) is 10.0. The van der Waals surface area contributed by atoms with E-state index >= 15 is 0 Å². The van der Waals surface area contributed by atoms with Crippen molar-refractivity contribution in [2.75, 3.05) is 19.5 Å². The second-order valence-corrected chi connectivity index (χ2v) is 4.30. The minimum atomic E-state index is -0.442. The highest BCUT2D eigenvalue weighted by Crippen LogP contribution is 2.06. The monoisotopic (exact) mass is 227 g/mol. The highest BCUT2D eigenvalue weighted by atomic mass is 35.5. The number of benzene rings is 1. The molecule has 3 heteroatoms. The Morgan fingerprint density at radius 1 is 1.33 bits per heavy atom. The molecule has 0 heterocycles. The fourth-order valence-electron chi connectivity index (χ4n) is 1.48. The Hall–Kier alpha value is -0.570. The van der Waals surface area contributed by atoms with Gasteiger partial charge in [-0.1, -0.05) is 29.8 Å². The molecule has 1 atom stereocenters. The molecule has 0 aliphatic rings. The van der Waals surface area contributed by atoms with E-state index in [-0.39, 0.29) is 5.88 Å². The number of aryl methyl sites for hydroxylation is 1. The Morgan fingerprint density at radius 2 is 1.93 bits per heavy atom. The number of aliphatic hydroxyl groups is 1. The second-order valence-electron chi connectivity index (χ2n) is 3.99. The molecule has 84 valence electrons. The van der Waals surface area contributed by atoms with Crippen molar-refractivity contribution in [2.45, 2.75) is 19.6 Å². The van der Waals surface area contributed by atoms with Crippen LogP contribution in [0.3, 0.4) is 0 Å². The van der Waals surface area contributed by atoms with Crippen LogP contribution in [0.25, 0.3) is 0 Å². The zero-order chi connectivity index (χ0) is 11.3.